The van der Waals surface area contributed by atoms with Crippen LogP contribution in [0.1, 0.15) is 11.1 Å². The standard InChI is InChI=1S/C15H14BrClFNO2/c1-20-14-3-2-9(4-10(14)7-19)8-21-15-6-13(18)12(17)5-11(15)16/h2-6H,7-8,19H2,1H3. The van der Waals surface area contributed by atoms with Crippen molar-refractivity contribution in [2.24, 2.45) is 5.73 Å². The molecule has 0 aliphatic carbocycles. The smallest absolute Gasteiger partial charge is 0.145 e. The van der Waals surface area contributed by atoms with Crippen molar-refractivity contribution >= 4 is 27.5 Å². The van der Waals surface area contributed by atoms with E-state index in [0.717, 1.165) is 16.9 Å². The van der Waals surface area contributed by atoms with Gasteiger partial charge in [-0.05, 0) is 39.7 Å². The molecule has 0 atom stereocenters. The van der Waals surface area contributed by atoms with Crippen molar-refractivity contribution in [3.63, 3.8) is 0 Å². The molecule has 0 unspecified atom stereocenters. The Balaban J connectivity index is 2.15. The van der Waals surface area contributed by atoms with Crippen LogP contribution in [0.15, 0.2) is 34.8 Å². The van der Waals surface area contributed by atoms with Crippen LogP contribution in [-0.2, 0) is 13.2 Å². The highest BCUT2D eigenvalue weighted by Gasteiger charge is 2.09. The lowest BCUT2D eigenvalue weighted by Crippen LogP contribution is -2.03. The predicted octanol–water partition coefficient (Wildman–Crippen LogP) is 4.29. The van der Waals surface area contributed by atoms with Gasteiger partial charge in [-0.3, -0.25) is 0 Å². The lowest BCUT2D eigenvalue weighted by molar-refractivity contribution is 0.302. The summed E-state index contributed by atoms with van der Waals surface area (Å²) in [6.45, 7) is 0.660. The van der Waals surface area contributed by atoms with Crippen molar-refractivity contribution in [3.05, 3.63) is 56.8 Å². The molecule has 0 bridgehead atoms. The molecule has 0 aliphatic heterocycles. The molecule has 6 heteroatoms. The van der Waals surface area contributed by atoms with Crippen molar-refractivity contribution in [1.29, 1.82) is 0 Å². The van der Waals surface area contributed by atoms with E-state index >= 15 is 0 Å². The maximum absolute atomic E-state index is 13.4. The Morgan fingerprint density at radius 3 is 2.67 bits per heavy atom. The van der Waals surface area contributed by atoms with E-state index in [9.17, 15) is 4.39 Å². The summed E-state index contributed by atoms with van der Waals surface area (Å²) < 4.78 is 24.8. The Morgan fingerprint density at radius 2 is 2.00 bits per heavy atom. The fraction of sp³-hybridized carbons (Fsp3) is 0.200. The van der Waals surface area contributed by atoms with Gasteiger partial charge in [0.1, 0.15) is 23.9 Å². The predicted molar refractivity (Wildman–Crippen MR) is 84.3 cm³/mol. The van der Waals surface area contributed by atoms with E-state index < -0.39 is 5.82 Å². The van der Waals surface area contributed by atoms with E-state index in [1.54, 1.807) is 7.11 Å². The molecular formula is C15H14BrClFNO2. The Kier molecular flexibility index (Phi) is 5.45. The second-order valence-corrected chi connectivity index (χ2v) is 5.60. The summed E-state index contributed by atoms with van der Waals surface area (Å²) in [5.74, 6) is 0.606. The third-order valence-corrected chi connectivity index (χ3v) is 3.84. The molecule has 0 aliphatic rings. The van der Waals surface area contributed by atoms with Gasteiger partial charge in [0.05, 0.1) is 16.6 Å². The number of rotatable bonds is 5. The number of methoxy groups -OCH3 is 1. The Hall–Kier alpha value is -1.30. The zero-order chi connectivity index (χ0) is 15.4. The van der Waals surface area contributed by atoms with Crippen LogP contribution in [0.4, 0.5) is 4.39 Å². The average Bonchev–Trinajstić information content (AvgIpc) is 2.49. The van der Waals surface area contributed by atoms with Crippen molar-refractivity contribution in [2.45, 2.75) is 13.2 Å². The highest BCUT2D eigenvalue weighted by molar-refractivity contribution is 9.10. The summed E-state index contributed by atoms with van der Waals surface area (Å²) >= 11 is 8.98. The molecule has 0 radical (unpaired) electrons. The number of ether oxygens (including phenoxy) is 2. The first-order chi connectivity index (χ1) is 10.0. The molecular weight excluding hydrogens is 361 g/mol. The highest BCUT2D eigenvalue weighted by Crippen LogP contribution is 2.31. The summed E-state index contributed by atoms with van der Waals surface area (Å²) in [6.07, 6.45) is 0. The monoisotopic (exact) mass is 373 g/mol. The first-order valence-electron chi connectivity index (χ1n) is 6.18. The molecule has 0 fully saturated rings. The molecule has 2 aromatic rings. The van der Waals surface area contributed by atoms with E-state index in [1.807, 2.05) is 18.2 Å². The molecule has 0 saturated heterocycles. The van der Waals surface area contributed by atoms with Crippen LogP contribution in [0.5, 0.6) is 11.5 Å². The van der Waals surface area contributed by atoms with Gasteiger partial charge in [-0.2, -0.15) is 0 Å². The molecule has 21 heavy (non-hydrogen) atoms. The van der Waals surface area contributed by atoms with Crippen molar-refractivity contribution in [1.82, 2.24) is 0 Å². The Morgan fingerprint density at radius 1 is 1.24 bits per heavy atom. The lowest BCUT2D eigenvalue weighted by atomic mass is 10.1. The van der Waals surface area contributed by atoms with Crippen LogP contribution >= 0.6 is 27.5 Å². The van der Waals surface area contributed by atoms with Gasteiger partial charge in [0.15, 0.2) is 0 Å². The fourth-order valence-corrected chi connectivity index (χ4v) is 2.61. The van der Waals surface area contributed by atoms with Crippen LogP contribution in [0.3, 0.4) is 0 Å². The van der Waals surface area contributed by atoms with Crippen molar-refractivity contribution in [2.75, 3.05) is 7.11 Å². The van der Waals surface area contributed by atoms with Gasteiger partial charge >= 0.3 is 0 Å². The molecule has 112 valence electrons. The van der Waals surface area contributed by atoms with E-state index in [0.29, 0.717) is 16.8 Å². The maximum atomic E-state index is 13.4. The first-order valence-corrected chi connectivity index (χ1v) is 7.35. The van der Waals surface area contributed by atoms with Crippen LogP contribution < -0.4 is 15.2 Å². The lowest BCUT2D eigenvalue weighted by Gasteiger charge is -2.12. The maximum Gasteiger partial charge on any atom is 0.145 e. The van der Waals surface area contributed by atoms with Crippen LogP contribution in [0.2, 0.25) is 5.02 Å². The minimum Gasteiger partial charge on any atom is -0.496 e. The van der Waals surface area contributed by atoms with Gasteiger partial charge in [0.2, 0.25) is 0 Å². The minimum atomic E-state index is -0.521. The van der Waals surface area contributed by atoms with Gasteiger partial charge in [-0.1, -0.05) is 17.7 Å². The number of nitrogens with two attached hydrogens (primary N) is 1. The van der Waals surface area contributed by atoms with E-state index in [2.05, 4.69) is 15.9 Å². The van der Waals surface area contributed by atoms with Crippen molar-refractivity contribution in [3.8, 4) is 11.5 Å². The van der Waals surface area contributed by atoms with Gasteiger partial charge in [0.25, 0.3) is 0 Å². The van der Waals surface area contributed by atoms with Gasteiger partial charge in [-0.25, -0.2) is 4.39 Å². The van der Waals surface area contributed by atoms with E-state index in [-0.39, 0.29) is 11.6 Å². The summed E-state index contributed by atoms with van der Waals surface area (Å²) in [4.78, 5) is 0. The quantitative estimate of drug-likeness (QED) is 0.794. The van der Waals surface area contributed by atoms with E-state index in [1.165, 1.54) is 12.1 Å². The number of hydrogen-bond donors (Lipinski definition) is 1. The van der Waals surface area contributed by atoms with Gasteiger partial charge in [0, 0.05) is 18.2 Å². The second-order valence-electron chi connectivity index (χ2n) is 4.34. The molecule has 0 spiro atoms. The topological polar surface area (TPSA) is 44.5 Å². The number of benzene rings is 2. The van der Waals surface area contributed by atoms with Gasteiger partial charge in [-0.15, -0.1) is 0 Å². The molecule has 2 N–H and O–H groups in total. The van der Waals surface area contributed by atoms with Crippen LogP contribution in [-0.4, -0.2) is 7.11 Å². The number of halogens is 3. The summed E-state index contributed by atoms with van der Waals surface area (Å²) in [5.41, 5.74) is 7.47. The Bertz CT molecular complexity index is 652. The summed E-state index contributed by atoms with van der Waals surface area (Å²) in [7, 11) is 1.60. The normalized spacial score (nSPS) is 10.5. The van der Waals surface area contributed by atoms with Gasteiger partial charge < -0.3 is 15.2 Å². The summed E-state index contributed by atoms with van der Waals surface area (Å²) in [5, 5.41) is 0.0455. The largest absolute Gasteiger partial charge is 0.496 e. The number of hydrogen-bond acceptors (Lipinski definition) is 3. The van der Waals surface area contributed by atoms with Crippen LogP contribution in [0, 0.1) is 5.82 Å². The SMILES string of the molecule is COc1ccc(COc2cc(F)c(Cl)cc2Br)cc1CN. The van der Waals surface area contributed by atoms with Crippen LogP contribution in [0.25, 0.3) is 0 Å². The third kappa shape index (κ3) is 3.87. The molecule has 0 heterocycles. The zero-order valence-electron chi connectivity index (χ0n) is 11.3. The molecule has 0 amide bonds. The summed E-state index contributed by atoms with van der Waals surface area (Å²) in [6, 6.07) is 8.32. The van der Waals surface area contributed by atoms with E-state index in [4.69, 9.17) is 26.8 Å². The van der Waals surface area contributed by atoms with Crippen molar-refractivity contribution < 1.29 is 13.9 Å². The fourth-order valence-electron chi connectivity index (χ4n) is 1.86. The molecule has 0 aromatic heterocycles. The average molecular weight is 375 g/mol. The third-order valence-electron chi connectivity index (χ3n) is 2.93. The highest BCUT2D eigenvalue weighted by atomic mass is 79.9. The second kappa shape index (κ2) is 7.11. The first kappa shape index (κ1) is 16.1. The molecule has 3 nitrogen and oxygen atoms in total. The zero-order valence-corrected chi connectivity index (χ0v) is 13.7. The molecule has 2 aromatic carbocycles. The molecule has 0 saturated carbocycles. The molecule has 2 rings (SSSR count). The Labute approximate surface area is 135 Å². The minimum absolute atomic E-state index is 0.0455.